The highest BCUT2D eigenvalue weighted by Crippen LogP contribution is 2.13. The number of carbonyl (C=O) groups is 1. The Morgan fingerprint density at radius 2 is 2.11 bits per heavy atom. The van der Waals surface area contributed by atoms with Crippen molar-refractivity contribution in [2.45, 2.75) is 39.2 Å². The van der Waals surface area contributed by atoms with E-state index < -0.39 is 0 Å². The maximum absolute atomic E-state index is 11.9. The summed E-state index contributed by atoms with van der Waals surface area (Å²) in [6.45, 7) is 4.40. The number of hydrogen-bond acceptors (Lipinski definition) is 3. The number of amides is 1. The largest absolute Gasteiger partial charge is 0.349 e. The Hall–Kier alpha value is -1.36. The summed E-state index contributed by atoms with van der Waals surface area (Å²) >= 11 is 5.81. The normalized spacial score (nSPS) is 10.8. The molecule has 0 saturated carbocycles. The summed E-state index contributed by atoms with van der Waals surface area (Å²) in [7, 11) is 3.44. The quantitative estimate of drug-likeness (QED) is 0.776. The van der Waals surface area contributed by atoms with E-state index in [-0.39, 0.29) is 22.5 Å². The predicted molar refractivity (Wildman–Crippen MR) is 75.5 cm³/mol. The first-order chi connectivity index (χ1) is 8.82. The monoisotopic (exact) mass is 285 g/mol. The average molecular weight is 286 g/mol. The third-order valence-corrected chi connectivity index (χ3v) is 2.99. The third-order valence-electron chi connectivity index (χ3n) is 2.79. The van der Waals surface area contributed by atoms with Gasteiger partial charge in [0, 0.05) is 39.0 Å². The Labute approximate surface area is 118 Å². The van der Waals surface area contributed by atoms with Crippen LogP contribution in [0.1, 0.15) is 38.4 Å². The van der Waals surface area contributed by atoms with E-state index in [1.54, 1.807) is 23.6 Å². The van der Waals surface area contributed by atoms with Crippen LogP contribution in [0.3, 0.4) is 0 Å². The Bertz CT molecular complexity index is 509. The molecule has 1 aromatic heterocycles. The van der Waals surface area contributed by atoms with Crippen LogP contribution in [0.2, 0.25) is 5.15 Å². The molecule has 0 fully saturated rings. The summed E-state index contributed by atoms with van der Waals surface area (Å²) in [6.07, 6.45) is 1.03. The van der Waals surface area contributed by atoms with E-state index in [1.165, 1.54) is 6.07 Å². The second-order valence-corrected chi connectivity index (χ2v) is 5.36. The lowest BCUT2D eigenvalue weighted by Gasteiger charge is -2.15. The molecule has 106 valence electrons. The molecule has 0 N–H and O–H groups in total. The molecule has 0 bridgehead atoms. The zero-order valence-electron chi connectivity index (χ0n) is 11.8. The van der Waals surface area contributed by atoms with E-state index in [4.69, 9.17) is 11.6 Å². The number of hydrogen-bond donors (Lipinski definition) is 0. The van der Waals surface area contributed by atoms with Gasteiger partial charge in [-0.05, 0) is 6.42 Å². The van der Waals surface area contributed by atoms with E-state index in [9.17, 15) is 9.59 Å². The molecule has 1 heterocycles. The van der Waals surface area contributed by atoms with Crippen LogP contribution in [-0.2, 0) is 11.3 Å². The minimum absolute atomic E-state index is 0.0565. The predicted octanol–water partition coefficient (Wildman–Crippen LogP) is 1.89. The second kappa shape index (κ2) is 6.70. The topological polar surface area (TPSA) is 55.2 Å². The minimum Gasteiger partial charge on any atom is -0.349 e. The Morgan fingerprint density at radius 1 is 1.47 bits per heavy atom. The van der Waals surface area contributed by atoms with Crippen molar-refractivity contribution in [3.63, 3.8) is 0 Å². The Balaban J connectivity index is 2.83. The van der Waals surface area contributed by atoms with Crippen molar-refractivity contribution in [1.82, 2.24) is 14.5 Å². The van der Waals surface area contributed by atoms with Gasteiger partial charge in [-0.25, -0.2) is 4.98 Å². The molecular weight excluding hydrogens is 266 g/mol. The molecule has 0 spiro atoms. The van der Waals surface area contributed by atoms with Gasteiger partial charge in [0.2, 0.25) is 5.91 Å². The van der Waals surface area contributed by atoms with Crippen LogP contribution in [0.15, 0.2) is 10.9 Å². The van der Waals surface area contributed by atoms with Gasteiger partial charge in [-0.3, -0.25) is 14.2 Å². The Kier molecular flexibility index (Phi) is 5.54. The third kappa shape index (κ3) is 4.35. The molecule has 1 aromatic rings. The number of aromatic nitrogens is 2. The fourth-order valence-corrected chi connectivity index (χ4v) is 1.95. The lowest BCUT2D eigenvalue weighted by Crippen LogP contribution is -2.27. The van der Waals surface area contributed by atoms with Gasteiger partial charge in [-0.2, -0.15) is 0 Å². The van der Waals surface area contributed by atoms with Gasteiger partial charge in [0.15, 0.2) is 0 Å². The fourth-order valence-electron chi connectivity index (χ4n) is 1.77. The van der Waals surface area contributed by atoms with Gasteiger partial charge >= 0.3 is 0 Å². The molecule has 5 nitrogen and oxygen atoms in total. The smallest absolute Gasteiger partial charge is 0.254 e. The highest BCUT2D eigenvalue weighted by atomic mass is 35.5. The van der Waals surface area contributed by atoms with Gasteiger partial charge in [0.05, 0.1) is 0 Å². The molecule has 0 aliphatic rings. The maximum atomic E-state index is 11.9. The van der Waals surface area contributed by atoms with Gasteiger partial charge in [-0.1, -0.05) is 25.4 Å². The van der Waals surface area contributed by atoms with Gasteiger partial charge in [-0.15, -0.1) is 0 Å². The van der Waals surface area contributed by atoms with Crippen LogP contribution in [0.5, 0.6) is 0 Å². The molecular formula is C13H20ClN3O2. The number of nitrogens with zero attached hydrogens (tertiary/aromatic N) is 3. The van der Waals surface area contributed by atoms with E-state index in [0.29, 0.717) is 25.2 Å². The molecule has 0 saturated heterocycles. The molecule has 1 rings (SSSR count). The first-order valence-corrected chi connectivity index (χ1v) is 6.68. The summed E-state index contributed by atoms with van der Waals surface area (Å²) < 4.78 is 1.60. The molecule has 0 atom stereocenters. The summed E-state index contributed by atoms with van der Waals surface area (Å²) in [4.78, 5) is 29.2. The molecule has 19 heavy (non-hydrogen) atoms. The van der Waals surface area contributed by atoms with Gasteiger partial charge in [0.25, 0.3) is 5.56 Å². The van der Waals surface area contributed by atoms with E-state index in [1.807, 2.05) is 13.8 Å². The van der Waals surface area contributed by atoms with E-state index in [0.717, 1.165) is 0 Å². The number of carbonyl (C=O) groups excluding carboxylic acids is 1. The summed E-state index contributed by atoms with van der Waals surface area (Å²) in [5, 5.41) is 0.217. The van der Waals surface area contributed by atoms with Gasteiger partial charge in [0.1, 0.15) is 11.0 Å². The lowest BCUT2D eigenvalue weighted by molar-refractivity contribution is -0.128. The van der Waals surface area contributed by atoms with Crippen LogP contribution in [0.4, 0.5) is 0 Å². The SMILES string of the molecule is CC(C)c1nc(Cl)cc(=O)n1CCCC(=O)N(C)C. The minimum atomic E-state index is -0.166. The lowest BCUT2D eigenvalue weighted by atomic mass is 10.2. The van der Waals surface area contributed by atoms with Crippen molar-refractivity contribution in [2.75, 3.05) is 14.1 Å². The maximum Gasteiger partial charge on any atom is 0.254 e. The molecule has 0 aromatic carbocycles. The van der Waals surface area contributed by atoms with E-state index >= 15 is 0 Å². The van der Waals surface area contributed by atoms with Crippen molar-refractivity contribution in [3.8, 4) is 0 Å². The molecule has 0 aliphatic carbocycles. The molecule has 0 radical (unpaired) electrons. The molecule has 0 unspecified atom stereocenters. The highest BCUT2D eigenvalue weighted by Gasteiger charge is 2.12. The second-order valence-electron chi connectivity index (χ2n) is 4.97. The van der Waals surface area contributed by atoms with Crippen molar-refractivity contribution in [3.05, 3.63) is 27.4 Å². The van der Waals surface area contributed by atoms with Crippen LogP contribution >= 0.6 is 11.6 Å². The summed E-state index contributed by atoms with van der Waals surface area (Å²) in [5.74, 6) is 0.826. The zero-order valence-corrected chi connectivity index (χ0v) is 12.6. The number of halogens is 1. The van der Waals surface area contributed by atoms with Crippen molar-refractivity contribution >= 4 is 17.5 Å². The fraction of sp³-hybridized carbons (Fsp3) is 0.615. The van der Waals surface area contributed by atoms with Crippen molar-refractivity contribution in [1.29, 1.82) is 0 Å². The molecule has 0 aliphatic heterocycles. The van der Waals surface area contributed by atoms with Crippen molar-refractivity contribution < 1.29 is 4.79 Å². The average Bonchev–Trinajstić information content (AvgIpc) is 2.30. The van der Waals surface area contributed by atoms with Crippen LogP contribution in [-0.4, -0.2) is 34.5 Å². The van der Waals surface area contributed by atoms with Gasteiger partial charge < -0.3 is 4.90 Å². The highest BCUT2D eigenvalue weighted by molar-refractivity contribution is 6.29. The first-order valence-electron chi connectivity index (χ1n) is 6.30. The molecule has 1 amide bonds. The van der Waals surface area contributed by atoms with Crippen molar-refractivity contribution in [2.24, 2.45) is 0 Å². The van der Waals surface area contributed by atoms with Crippen LogP contribution in [0.25, 0.3) is 0 Å². The summed E-state index contributed by atoms with van der Waals surface area (Å²) in [6, 6.07) is 1.31. The Morgan fingerprint density at radius 3 is 2.63 bits per heavy atom. The first kappa shape index (κ1) is 15.7. The van der Waals surface area contributed by atoms with E-state index in [2.05, 4.69) is 4.98 Å². The van der Waals surface area contributed by atoms with Crippen LogP contribution < -0.4 is 5.56 Å². The standard InChI is InChI=1S/C13H20ClN3O2/c1-9(2)13-15-10(14)8-12(19)17(13)7-5-6-11(18)16(3)4/h8-9H,5-7H2,1-4H3. The zero-order chi connectivity index (χ0) is 14.6. The number of rotatable bonds is 5. The molecule has 6 heteroatoms. The van der Waals surface area contributed by atoms with Crippen LogP contribution in [0, 0.1) is 0 Å². The summed E-state index contributed by atoms with van der Waals surface area (Å²) in [5.41, 5.74) is -0.166.